The SMILES string of the molecule is N#Cc1ccc(NC(=O)N2CCC(C3C/C(=C\C=C/N)C/C(CCn4cnc(CCc5ccccc5)c4)=C\c4cc(Cl)ccc43)CC2)cc1. The lowest BCUT2D eigenvalue weighted by atomic mass is 9.73. The Labute approximate surface area is 294 Å². The molecule has 1 atom stereocenters. The Hall–Kier alpha value is -5.06. The van der Waals surface area contributed by atoms with Crippen molar-refractivity contribution in [3.8, 4) is 6.07 Å². The van der Waals surface area contributed by atoms with Gasteiger partial charge in [-0.3, -0.25) is 0 Å². The highest BCUT2D eigenvalue weighted by Gasteiger charge is 2.32. The van der Waals surface area contributed by atoms with Crippen LogP contribution in [0.3, 0.4) is 0 Å². The Morgan fingerprint density at radius 1 is 1.04 bits per heavy atom. The molecule has 1 saturated heterocycles. The van der Waals surface area contributed by atoms with Gasteiger partial charge in [0.25, 0.3) is 0 Å². The third-order valence-electron chi connectivity index (χ3n) is 9.74. The predicted molar refractivity (Wildman–Crippen MR) is 198 cm³/mol. The van der Waals surface area contributed by atoms with Gasteiger partial charge in [0.1, 0.15) is 0 Å². The summed E-state index contributed by atoms with van der Waals surface area (Å²) in [6, 6.07) is 25.9. The van der Waals surface area contributed by atoms with E-state index < -0.39 is 0 Å². The molecule has 49 heavy (non-hydrogen) atoms. The first kappa shape index (κ1) is 33.8. The van der Waals surface area contributed by atoms with Crippen molar-refractivity contribution in [1.82, 2.24) is 14.5 Å². The van der Waals surface area contributed by atoms with Gasteiger partial charge in [-0.1, -0.05) is 71.3 Å². The number of benzene rings is 3. The predicted octanol–water partition coefficient (Wildman–Crippen LogP) is 8.89. The molecule has 1 fully saturated rings. The van der Waals surface area contributed by atoms with E-state index in [2.05, 4.69) is 81.8 Å². The van der Waals surface area contributed by atoms with E-state index in [1.54, 1.807) is 30.5 Å². The van der Waals surface area contributed by atoms with E-state index in [0.29, 0.717) is 36.2 Å². The fourth-order valence-corrected chi connectivity index (χ4v) is 7.30. The number of aryl methyl sites for hydroxylation is 3. The number of halogens is 1. The van der Waals surface area contributed by atoms with Crippen LogP contribution in [-0.4, -0.2) is 33.6 Å². The molecule has 1 aromatic heterocycles. The van der Waals surface area contributed by atoms with Crippen LogP contribution in [-0.2, 0) is 19.4 Å². The van der Waals surface area contributed by atoms with Crippen molar-refractivity contribution in [2.24, 2.45) is 11.7 Å². The second-order valence-corrected chi connectivity index (χ2v) is 13.5. The molecule has 3 N–H and O–H groups in total. The highest BCUT2D eigenvalue weighted by molar-refractivity contribution is 6.30. The molecule has 0 spiro atoms. The van der Waals surface area contributed by atoms with Crippen LogP contribution in [0, 0.1) is 17.2 Å². The molecule has 2 amide bonds. The molecular weight excluding hydrogens is 628 g/mol. The Morgan fingerprint density at radius 3 is 2.59 bits per heavy atom. The van der Waals surface area contributed by atoms with E-state index in [1.165, 1.54) is 27.8 Å². The van der Waals surface area contributed by atoms with Crippen molar-refractivity contribution >= 4 is 29.4 Å². The van der Waals surface area contributed by atoms with Crippen LogP contribution in [0.1, 0.15) is 66.0 Å². The van der Waals surface area contributed by atoms with Gasteiger partial charge in [-0.25, -0.2) is 9.78 Å². The van der Waals surface area contributed by atoms with Crippen molar-refractivity contribution < 1.29 is 4.79 Å². The van der Waals surface area contributed by atoms with Gasteiger partial charge in [0.2, 0.25) is 0 Å². The molecule has 7 nitrogen and oxygen atoms in total. The van der Waals surface area contributed by atoms with Crippen LogP contribution >= 0.6 is 11.6 Å². The lowest BCUT2D eigenvalue weighted by molar-refractivity contribution is 0.173. The number of nitrogens with zero attached hydrogens (tertiary/aromatic N) is 4. The third kappa shape index (κ3) is 9.10. The average Bonchev–Trinajstić information content (AvgIpc) is 3.59. The number of rotatable bonds is 9. The number of allylic oxidation sites excluding steroid dienone is 4. The van der Waals surface area contributed by atoms with E-state index in [-0.39, 0.29) is 6.03 Å². The second-order valence-electron chi connectivity index (χ2n) is 13.1. The molecule has 0 bridgehead atoms. The summed E-state index contributed by atoms with van der Waals surface area (Å²) < 4.78 is 2.20. The number of hydrogen-bond donors (Lipinski definition) is 2. The number of carbonyl (C=O) groups excluding carboxylic acids is 1. The Balaban J connectivity index is 1.15. The lowest BCUT2D eigenvalue weighted by Gasteiger charge is -2.38. The van der Waals surface area contributed by atoms with Crippen LogP contribution in [0.2, 0.25) is 5.02 Å². The summed E-state index contributed by atoms with van der Waals surface area (Å²) in [7, 11) is 0. The van der Waals surface area contributed by atoms with Gasteiger partial charge in [0, 0.05) is 36.5 Å². The molecule has 6 rings (SSSR count). The van der Waals surface area contributed by atoms with Crippen LogP contribution < -0.4 is 11.1 Å². The highest BCUT2D eigenvalue weighted by Crippen LogP contribution is 2.43. The first-order chi connectivity index (χ1) is 24.0. The number of nitrogens with two attached hydrogens (primary N) is 1. The fourth-order valence-electron chi connectivity index (χ4n) is 7.12. The van der Waals surface area contributed by atoms with Gasteiger partial charge in [-0.15, -0.1) is 0 Å². The zero-order chi connectivity index (χ0) is 34.0. The van der Waals surface area contributed by atoms with Crippen molar-refractivity contribution in [3.05, 3.63) is 148 Å². The number of piperidine rings is 1. The Bertz CT molecular complexity index is 1860. The summed E-state index contributed by atoms with van der Waals surface area (Å²) >= 11 is 6.59. The molecule has 2 aliphatic rings. The summed E-state index contributed by atoms with van der Waals surface area (Å²) in [6.45, 7) is 2.23. The number of hydrogen-bond acceptors (Lipinski definition) is 4. The molecule has 8 heteroatoms. The first-order valence-corrected chi connectivity index (χ1v) is 17.5. The van der Waals surface area contributed by atoms with Gasteiger partial charge in [-0.2, -0.15) is 5.26 Å². The maximum absolute atomic E-state index is 13.1. The van der Waals surface area contributed by atoms with Gasteiger partial charge in [0.15, 0.2) is 0 Å². The molecule has 3 aromatic carbocycles. The van der Waals surface area contributed by atoms with E-state index in [9.17, 15) is 4.79 Å². The molecule has 1 aliphatic carbocycles. The van der Waals surface area contributed by atoms with Crippen molar-refractivity contribution in [3.63, 3.8) is 0 Å². The molecule has 0 saturated carbocycles. The number of nitriles is 1. The number of fused-ring (bicyclic) bond motifs is 1. The zero-order valence-electron chi connectivity index (χ0n) is 27.8. The quantitative estimate of drug-likeness (QED) is 0.186. The molecule has 0 radical (unpaired) electrons. The van der Waals surface area contributed by atoms with Crippen LogP contribution in [0.25, 0.3) is 6.08 Å². The van der Waals surface area contributed by atoms with E-state index in [4.69, 9.17) is 22.6 Å². The number of amides is 2. The third-order valence-corrected chi connectivity index (χ3v) is 9.97. The molecule has 1 unspecified atom stereocenters. The van der Waals surface area contributed by atoms with E-state index in [0.717, 1.165) is 62.2 Å². The largest absolute Gasteiger partial charge is 0.405 e. The van der Waals surface area contributed by atoms with E-state index >= 15 is 0 Å². The zero-order valence-corrected chi connectivity index (χ0v) is 28.5. The maximum Gasteiger partial charge on any atom is 0.321 e. The van der Waals surface area contributed by atoms with Crippen LogP contribution in [0.15, 0.2) is 115 Å². The number of likely N-dealkylation sites (tertiary alicyclic amines) is 1. The molecule has 2 heterocycles. The standard InChI is InChI=1S/C41H43ClN6O/c42-36-11-15-39-35(26-36)24-33(16-20-47-28-38(45-29-47)14-8-30-5-2-1-3-6-30)23-32(7-4-19-43)25-40(39)34-17-21-48(22-18-34)41(49)46-37-12-9-31(27-44)10-13-37/h1-7,9-13,15,19,24,26,28-29,34,40H,8,14,16-18,20-23,25,43H2,(H,46,49)/b19-4-,32-7-,33-24-. The monoisotopic (exact) mass is 670 g/mol. The van der Waals surface area contributed by atoms with Gasteiger partial charge >= 0.3 is 6.03 Å². The smallest absolute Gasteiger partial charge is 0.321 e. The summed E-state index contributed by atoms with van der Waals surface area (Å²) in [5, 5.41) is 12.8. The summed E-state index contributed by atoms with van der Waals surface area (Å²) in [6.07, 6.45) is 18.6. The number of nitrogens with one attached hydrogen (secondary N) is 1. The number of urea groups is 1. The Morgan fingerprint density at radius 2 is 1.84 bits per heavy atom. The maximum atomic E-state index is 13.1. The van der Waals surface area contributed by atoms with Crippen molar-refractivity contribution in [1.29, 1.82) is 5.26 Å². The number of anilines is 1. The van der Waals surface area contributed by atoms with Crippen molar-refractivity contribution in [2.75, 3.05) is 18.4 Å². The van der Waals surface area contributed by atoms with Crippen molar-refractivity contribution in [2.45, 2.75) is 57.4 Å². The number of imidazole rings is 1. The van der Waals surface area contributed by atoms with Crippen LogP contribution in [0.5, 0.6) is 0 Å². The fraction of sp³-hybridized carbons (Fsp3) is 0.293. The van der Waals surface area contributed by atoms with Gasteiger partial charge in [-0.05, 0) is 122 Å². The lowest BCUT2D eigenvalue weighted by Crippen LogP contribution is -2.42. The summed E-state index contributed by atoms with van der Waals surface area (Å²) in [4.78, 5) is 19.7. The summed E-state index contributed by atoms with van der Waals surface area (Å²) in [5.41, 5.74) is 14.7. The summed E-state index contributed by atoms with van der Waals surface area (Å²) in [5.74, 6) is 0.714. The molecule has 1 aliphatic heterocycles. The minimum atomic E-state index is -0.101. The molecular formula is C41H43ClN6O. The van der Waals surface area contributed by atoms with Gasteiger partial charge in [0.05, 0.1) is 23.7 Å². The minimum Gasteiger partial charge on any atom is -0.405 e. The Kier molecular flexibility index (Phi) is 11.3. The molecule has 250 valence electrons. The van der Waals surface area contributed by atoms with Gasteiger partial charge < -0.3 is 20.5 Å². The molecule has 4 aromatic rings. The topological polar surface area (TPSA) is 100.0 Å². The van der Waals surface area contributed by atoms with Crippen LogP contribution in [0.4, 0.5) is 10.5 Å². The average molecular weight is 671 g/mol. The highest BCUT2D eigenvalue weighted by atomic mass is 35.5. The minimum absolute atomic E-state index is 0.101. The van der Waals surface area contributed by atoms with E-state index in [1.807, 2.05) is 23.4 Å². The number of carbonyl (C=O) groups is 1. The number of aromatic nitrogens is 2. The first-order valence-electron chi connectivity index (χ1n) is 17.1. The normalized spacial score (nSPS) is 18.7. The second kappa shape index (κ2) is 16.4.